The smallest absolute Gasteiger partial charge is 0.0221 e. The number of nitrogens with one attached hydrogen (secondary N) is 1. The second kappa shape index (κ2) is 2.76. The van der Waals surface area contributed by atoms with E-state index in [1.54, 1.807) is 0 Å². The lowest BCUT2D eigenvalue weighted by molar-refractivity contribution is 0.155. The van der Waals surface area contributed by atoms with E-state index < -0.39 is 0 Å². The molecule has 2 rings (SSSR count). The van der Waals surface area contributed by atoms with Crippen molar-refractivity contribution in [1.82, 2.24) is 10.2 Å². The molecule has 2 fully saturated rings. The van der Waals surface area contributed by atoms with Gasteiger partial charge in [0, 0.05) is 18.6 Å². The zero-order valence-corrected chi connectivity index (χ0v) is 7.51. The van der Waals surface area contributed by atoms with Crippen molar-refractivity contribution in [1.29, 1.82) is 0 Å². The van der Waals surface area contributed by atoms with Gasteiger partial charge in [-0.05, 0) is 39.3 Å². The van der Waals surface area contributed by atoms with Crippen LogP contribution in [0.25, 0.3) is 0 Å². The van der Waals surface area contributed by atoms with Crippen molar-refractivity contribution in [3.63, 3.8) is 0 Å². The summed E-state index contributed by atoms with van der Waals surface area (Å²) in [6.07, 6.45) is 2.83. The molecular formula is C9H18N2. The second-order valence-electron chi connectivity index (χ2n) is 4.02. The average Bonchev–Trinajstić information content (AvgIpc) is 2.42. The molecule has 0 aromatic rings. The molecule has 11 heavy (non-hydrogen) atoms. The number of fused-ring (bicyclic) bond motifs is 2. The number of rotatable bonds is 1. The van der Waals surface area contributed by atoms with Crippen LogP contribution in [0.15, 0.2) is 0 Å². The number of hydrogen-bond donors (Lipinski definition) is 1. The van der Waals surface area contributed by atoms with Crippen molar-refractivity contribution < 1.29 is 0 Å². The van der Waals surface area contributed by atoms with Gasteiger partial charge >= 0.3 is 0 Å². The lowest BCUT2D eigenvalue weighted by Gasteiger charge is -2.36. The van der Waals surface area contributed by atoms with Crippen LogP contribution in [0.2, 0.25) is 0 Å². The molecule has 0 aromatic carbocycles. The summed E-state index contributed by atoms with van der Waals surface area (Å²) >= 11 is 0. The molecule has 2 heteroatoms. The van der Waals surface area contributed by atoms with Crippen molar-refractivity contribution in [2.45, 2.75) is 31.8 Å². The fraction of sp³-hybridized carbons (Fsp3) is 1.00. The van der Waals surface area contributed by atoms with Crippen molar-refractivity contribution in [2.75, 3.05) is 20.1 Å². The van der Waals surface area contributed by atoms with Crippen LogP contribution in [0.1, 0.15) is 19.8 Å². The van der Waals surface area contributed by atoms with Crippen molar-refractivity contribution in [2.24, 2.45) is 5.92 Å². The molecule has 2 nitrogen and oxygen atoms in total. The Bertz CT molecular complexity index is 146. The van der Waals surface area contributed by atoms with E-state index in [1.165, 1.54) is 25.9 Å². The number of piperidine rings is 1. The summed E-state index contributed by atoms with van der Waals surface area (Å²) in [7, 11) is 2.09. The Morgan fingerprint density at radius 1 is 1.45 bits per heavy atom. The molecule has 64 valence electrons. The van der Waals surface area contributed by atoms with Gasteiger partial charge in [0.2, 0.25) is 0 Å². The molecule has 2 heterocycles. The van der Waals surface area contributed by atoms with Crippen LogP contribution in [0.4, 0.5) is 0 Å². The van der Waals surface area contributed by atoms with Gasteiger partial charge in [-0.2, -0.15) is 0 Å². The van der Waals surface area contributed by atoms with Crippen LogP contribution in [0.5, 0.6) is 0 Å². The van der Waals surface area contributed by atoms with E-state index >= 15 is 0 Å². The van der Waals surface area contributed by atoms with Crippen molar-refractivity contribution >= 4 is 0 Å². The fourth-order valence-electron chi connectivity index (χ4n) is 2.59. The summed E-state index contributed by atoms with van der Waals surface area (Å²) in [6.45, 7) is 5.05. The van der Waals surface area contributed by atoms with Gasteiger partial charge in [-0.15, -0.1) is 0 Å². The Morgan fingerprint density at radius 3 is 3.00 bits per heavy atom. The van der Waals surface area contributed by atoms with Crippen LogP contribution >= 0.6 is 0 Å². The van der Waals surface area contributed by atoms with E-state index in [0.29, 0.717) is 0 Å². The van der Waals surface area contributed by atoms with E-state index in [0.717, 1.165) is 18.0 Å². The van der Waals surface area contributed by atoms with Gasteiger partial charge < -0.3 is 5.32 Å². The molecule has 0 amide bonds. The molecule has 0 saturated carbocycles. The summed E-state index contributed by atoms with van der Waals surface area (Å²) in [4.78, 5) is 2.62. The van der Waals surface area contributed by atoms with Gasteiger partial charge in [-0.25, -0.2) is 0 Å². The van der Waals surface area contributed by atoms with E-state index in [9.17, 15) is 0 Å². The third kappa shape index (κ3) is 1.18. The predicted molar refractivity (Wildman–Crippen MR) is 46.6 cm³/mol. The summed E-state index contributed by atoms with van der Waals surface area (Å²) in [5.41, 5.74) is 0. The molecule has 2 aliphatic rings. The van der Waals surface area contributed by atoms with Gasteiger partial charge in [0.05, 0.1) is 0 Å². The van der Waals surface area contributed by atoms with Crippen LogP contribution in [-0.2, 0) is 0 Å². The summed E-state index contributed by atoms with van der Waals surface area (Å²) < 4.78 is 0. The van der Waals surface area contributed by atoms with Gasteiger partial charge in [0.25, 0.3) is 0 Å². The van der Waals surface area contributed by atoms with E-state index in [1.807, 2.05) is 0 Å². The molecule has 2 aliphatic heterocycles. The lowest BCUT2D eigenvalue weighted by Crippen LogP contribution is -2.50. The summed E-state index contributed by atoms with van der Waals surface area (Å²) in [5.74, 6) is 0.989. The van der Waals surface area contributed by atoms with Gasteiger partial charge in [0.1, 0.15) is 0 Å². The molecule has 0 radical (unpaired) electrons. The predicted octanol–water partition coefficient (Wildman–Crippen LogP) is 0.688. The maximum absolute atomic E-state index is 3.41. The van der Waals surface area contributed by atoms with Crippen LogP contribution in [-0.4, -0.2) is 37.1 Å². The van der Waals surface area contributed by atoms with Crippen LogP contribution in [0, 0.1) is 5.92 Å². The highest BCUT2D eigenvalue weighted by Gasteiger charge is 2.36. The zero-order chi connectivity index (χ0) is 7.84. The molecular weight excluding hydrogens is 136 g/mol. The van der Waals surface area contributed by atoms with Gasteiger partial charge in [0.15, 0.2) is 0 Å². The summed E-state index contributed by atoms with van der Waals surface area (Å²) in [6, 6.07) is 1.51. The second-order valence-corrected chi connectivity index (χ2v) is 4.02. The van der Waals surface area contributed by atoms with Gasteiger partial charge in [-0.1, -0.05) is 0 Å². The summed E-state index contributed by atoms with van der Waals surface area (Å²) in [5, 5.41) is 3.41. The topological polar surface area (TPSA) is 15.3 Å². The Kier molecular flexibility index (Phi) is 1.90. The number of likely N-dealkylation sites (N-methyl/N-ethyl adjacent to an activating group) is 1. The minimum Gasteiger partial charge on any atom is -0.315 e. The maximum atomic E-state index is 3.41. The third-order valence-electron chi connectivity index (χ3n) is 3.43. The minimum atomic E-state index is 0.747. The highest BCUT2D eigenvalue weighted by atomic mass is 15.2. The first kappa shape index (κ1) is 7.56. The molecule has 2 bridgehead atoms. The standard InChI is InChI=1S/C9H18N2/c1-7-9(10-2)5-8-3-4-11(7)6-8/h7-10H,3-6H2,1-2H3. The monoisotopic (exact) mass is 154 g/mol. The largest absolute Gasteiger partial charge is 0.315 e. The number of nitrogens with zero attached hydrogens (tertiary/aromatic N) is 1. The lowest BCUT2D eigenvalue weighted by atomic mass is 9.92. The van der Waals surface area contributed by atoms with Gasteiger partial charge in [-0.3, -0.25) is 4.90 Å². The first-order chi connectivity index (χ1) is 5.31. The van der Waals surface area contributed by atoms with Crippen LogP contribution < -0.4 is 5.32 Å². The van der Waals surface area contributed by atoms with Crippen molar-refractivity contribution in [3.8, 4) is 0 Å². The molecule has 4 unspecified atom stereocenters. The molecule has 0 aromatic heterocycles. The SMILES string of the molecule is CNC1CC2CCN(C2)C1C. The normalized spacial score (nSPS) is 49.6. The van der Waals surface area contributed by atoms with E-state index in [2.05, 4.69) is 24.2 Å². The first-order valence-electron chi connectivity index (χ1n) is 4.72. The molecule has 0 spiro atoms. The maximum Gasteiger partial charge on any atom is 0.0221 e. The Labute approximate surface area is 69.0 Å². The molecule has 0 aliphatic carbocycles. The Morgan fingerprint density at radius 2 is 2.27 bits per heavy atom. The van der Waals surface area contributed by atoms with E-state index in [4.69, 9.17) is 0 Å². The average molecular weight is 154 g/mol. The Hall–Kier alpha value is -0.0800. The van der Waals surface area contributed by atoms with Crippen molar-refractivity contribution in [3.05, 3.63) is 0 Å². The highest BCUT2D eigenvalue weighted by Crippen LogP contribution is 2.30. The van der Waals surface area contributed by atoms with Crippen LogP contribution in [0.3, 0.4) is 0 Å². The Balaban J connectivity index is 2.05. The first-order valence-corrected chi connectivity index (χ1v) is 4.72. The zero-order valence-electron chi connectivity index (χ0n) is 7.51. The molecule has 4 atom stereocenters. The minimum absolute atomic E-state index is 0.747. The number of hydrogen-bond acceptors (Lipinski definition) is 2. The quantitative estimate of drug-likeness (QED) is 0.598. The third-order valence-corrected chi connectivity index (χ3v) is 3.43. The molecule has 1 N–H and O–H groups in total. The fourth-order valence-corrected chi connectivity index (χ4v) is 2.59. The highest BCUT2D eigenvalue weighted by molar-refractivity contribution is 4.93. The van der Waals surface area contributed by atoms with E-state index in [-0.39, 0.29) is 0 Å². The molecule has 2 saturated heterocycles.